The fourth-order valence-corrected chi connectivity index (χ4v) is 2.36. The van der Waals surface area contributed by atoms with Gasteiger partial charge in [0.1, 0.15) is 6.04 Å². The van der Waals surface area contributed by atoms with Gasteiger partial charge >= 0.3 is 5.97 Å². The van der Waals surface area contributed by atoms with Crippen LogP contribution in [0.5, 0.6) is 0 Å². The summed E-state index contributed by atoms with van der Waals surface area (Å²) in [5.74, 6) is -0.764. The van der Waals surface area contributed by atoms with E-state index in [-0.39, 0.29) is 5.92 Å². The minimum Gasteiger partial charge on any atom is -0.480 e. The Morgan fingerprint density at radius 3 is 2.56 bits per heavy atom. The third-order valence-electron chi connectivity index (χ3n) is 3.29. The summed E-state index contributed by atoms with van der Waals surface area (Å²) < 4.78 is 5.02. The average molecular weight is 229 g/mol. The molecule has 2 N–H and O–H groups in total. The van der Waals surface area contributed by atoms with Gasteiger partial charge in [-0.3, -0.25) is 4.79 Å². The maximum Gasteiger partial charge on any atom is 0.321 e. The lowest BCUT2D eigenvalue weighted by atomic mass is 9.93. The van der Waals surface area contributed by atoms with Gasteiger partial charge in [0.15, 0.2) is 0 Å². The molecule has 0 heterocycles. The summed E-state index contributed by atoms with van der Waals surface area (Å²) in [4.78, 5) is 11.2. The first kappa shape index (κ1) is 13.5. The SMILES string of the molecule is COCC(C)C(NC1CCCCC1)C(=O)O. The first-order valence-electron chi connectivity index (χ1n) is 6.13. The first-order valence-corrected chi connectivity index (χ1v) is 6.13. The lowest BCUT2D eigenvalue weighted by molar-refractivity contribution is -0.141. The van der Waals surface area contributed by atoms with E-state index in [9.17, 15) is 9.90 Å². The van der Waals surface area contributed by atoms with Crippen LogP contribution in [0.1, 0.15) is 39.0 Å². The van der Waals surface area contributed by atoms with E-state index in [1.165, 1.54) is 19.3 Å². The van der Waals surface area contributed by atoms with E-state index in [1.807, 2.05) is 6.92 Å². The molecule has 0 radical (unpaired) electrons. The Morgan fingerprint density at radius 2 is 2.06 bits per heavy atom. The van der Waals surface area contributed by atoms with Gasteiger partial charge in [0.05, 0.1) is 6.61 Å². The summed E-state index contributed by atoms with van der Waals surface area (Å²) in [5.41, 5.74) is 0. The highest BCUT2D eigenvalue weighted by atomic mass is 16.5. The molecule has 1 saturated carbocycles. The highest BCUT2D eigenvalue weighted by Gasteiger charge is 2.27. The standard InChI is InChI=1S/C12H23NO3/c1-9(8-16-2)11(12(14)15)13-10-6-4-3-5-7-10/h9-11,13H,3-8H2,1-2H3,(H,14,15). The van der Waals surface area contributed by atoms with Crippen LogP contribution >= 0.6 is 0 Å². The van der Waals surface area contributed by atoms with Crippen LogP contribution in [0.2, 0.25) is 0 Å². The largest absolute Gasteiger partial charge is 0.480 e. The van der Waals surface area contributed by atoms with E-state index in [0.29, 0.717) is 12.6 Å². The fourth-order valence-electron chi connectivity index (χ4n) is 2.36. The molecule has 94 valence electrons. The zero-order valence-electron chi connectivity index (χ0n) is 10.2. The Labute approximate surface area is 97.4 Å². The van der Waals surface area contributed by atoms with Crippen molar-refractivity contribution in [3.8, 4) is 0 Å². The van der Waals surface area contributed by atoms with E-state index in [4.69, 9.17) is 4.74 Å². The van der Waals surface area contributed by atoms with E-state index in [2.05, 4.69) is 5.32 Å². The van der Waals surface area contributed by atoms with Gasteiger partial charge in [-0.15, -0.1) is 0 Å². The molecular formula is C12H23NO3. The van der Waals surface area contributed by atoms with Gasteiger partial charge in [-0.25, -0.2) is 0 Å². The Kier molecular flexibility index (Phi) is 5.77. The van der Waals surface area contributed by atoms with Crippen molar-refractivity contribution in [1.82, 2.24) is 5.32 Å². The molecule has 1 fully saturated rings. The van der Waals surface area contributed by atoms with Crippen molar-refractivity contribution in [2.75, 3.05) is 13.7 Å². The molecule has 4 heteroatoms. The Balaban J connectivity index is 2.46. The smallest absolute Gasteiger partial charge is 0.321 e. The lowest BCUT2D eigenvalue weighted by Crippen LogP contribution is -2.48. The van der Waals surface area contributed by atoms with Gasteiger partial charge < -0.3 is 15.2 Å². The number of aliphatic carboxylic acids is 1. The van der Waals surface area contributed by atoms with Crippen molar-refractivity contribution in [3.05, 3.63) is 0 Å². The summed E-state index contributed by atoms with van der Waals surface area (Å²) in [6.07, 6.45) is 5.90. The monoisotopic (exact) mass is 229 g/mol. The zero-order valence-corrected chi connectivity index (χ0v) is 10.2. The van der Waals surface area contributed by atoms with Crippen LogP contribution in [-0.4, -0.2) is 36.9 Å². The number of ether oxygens (including phenoxy) is 1. The summed E-state index contributed by atoms with van der Waals surface area (Å²) in [5, 5.41) is 12.4. The van der Waals surface area contributed by atoms with Crippen molar-refractivity contribution in [2.24, 2.45) is 5.92 Å². The molecular weight excluding hydrogens is 206 g/mol. The van der Waals surface area contributed by atoms with Crippen LogP contribution in [0, 0.1) is 5.92 Å². The van der Waals surface area contributed by atoms with Crippen LogP contribution < -0.4 is 5.32 Å². The molecule has 1 aliphatic rings. The van der Waals surface area contributed by atoms with Crippen molar-refractivity contribution in [2.45, 2.75) is 51.1 Å². The Bertz CT molecular complexity index is 214. The Morgan fingerprint density at radius 1 is 1.44 bits per heavy atom. The van der Waals surface area contributed by atoms with Crippen LogP contribution in [0.15, 0.2) is 0 Å². The maximum absolute atomic E-state index is 11.2. The number of carbonyl (C=O) groups is 1. The molecule has 4 nitrogen and oxygen atoms in total. The summed E-state index contributed by atoms with van der Waals surface area (Å²) in [7, 11) is 1.61. The van der Waals surface area contributed by atoms with E-state index in [0.717, 1.165) is 12.8 Å². The average Bonchev–Trinajstić information content (AvgIpc) is 2.27. The molecule has 0 spiro atoms. The molecule has 1 aliphatic carbocycles. The quantitative estimate of drug-likeness (QED) is 0.727. The first-order chi connectivity index (χ1) is 7.65. The number of hydrogen-bond donors (Lipinski definition) is 2. The fraction of sp³-hybridized carbons (Fsp3) is 0.917. The highest BCUT2D eigenvalue weighted by molar-refractivity contribution is 5.73. The lowest BCUT2D eigenvalue weighted by Gasteiger charge is -2.29. The Hall–Kier alpha value is -0.610. The minimum absolute atomic E-state index is 0.00410. The van der Waals surface area contributed by atoms with Crippen LogP contribution in [0.25, 0.3) is 0 Å². The zero-order chi connectivity index (χ0) is 12.0. The van der Waals surface area contributed by atoms with Gasteiger partial charge in [-0.2, -0.15) is 0 Å². The number of hydrogen-bond acceptors (Lipinski definition) is 3. The van der Waals surface area contributed by atoms with Crippen LogP contribution in [-0.2, 0) is 9.53 Å². The second kappa shape index (κ2) is 6.86. The number of methoxy groups -OCH3 is 1. The van der Waals surface area contributed by atoms with Crippen LogP contribution in [0.3, 0.4) is 0 Å². The predicted octanol–water partition coefficient (Wildman–Crippen LogP) is 1.64. The normalized spacial score (nSPS) is 21.6. The summed E-state index contributed by atoms with van der Waals surface area (Å²) >= 11 is 0. The second-order valence-corrected chi connectivity index (χ2v) is 4.75. The molecule has 2 atom stereocenters. The number of rotatable bonds is 6. The van der Waals surface area contributed by atoms with Gasteiger partial charge in [0.25, 0.3) is 0 Å². The maximum atomic E-state index is 11.2. The van der Waals surface area contributed by atoms with Crippen molar-refractivity contribution in [1.29, 1.82) is 0 Å². The third-order valence-corrected chi connectivity index (χ3v) is 3.29. The number of nitrogens with one attached hydrogen (secondary N) is 1. The molecule has 0 aromatic heterocycles. The molecule has 1 rings (SSSR count). The minimum atomic E-state index is -0.768. The van der Waals surface area contributed by atoms with E-state index in [1.54, 1.807) is 7.11 Å². The molecule has 0 amide bonds. The second-order valence-electron chi connectivity index (χ2n) is 4.75. The molecule has 2 unspecified atom stereocenters. The van der Waals surface area contributed by atoms with Gasteiger partial charge in [0.2, 0.25) is 0 Å². The summed E-state index contributed by atoms with van der Waals surface area (Å²) in [6, 6.07) is -0.114. The molecule has 16 heavy (non-hydrogen) atoms. The van der Waals surface area contributed by atoms with E-state index < -0.39 is 12.0 Å². The van der Waals surface area contributed by atoms with Crippen molar-refractivity contribution < 1.29 is 14.6 Å². The summed E-state index contributed by atoms with van der Waals surface area (Å²) in [6.45, 7) is 2.40. The number of carboxylic acid groups (broad SMARTS) is 1. The van der Waals surface area contributed by atoms with Gasteiger partial charge in [-0.05, 0) is 12.8 Å². The van der Waals surface area contributed by atoms with Crippen molar-refractivity contribution in [3.63, 3.8) is 0 Å². The number of carboxylic acids is 1. The molecule has 0 aliphatic heterocycles. The van der Waals surface area contributed by atoms with Gasteiger partial charge in [0, 0.05) is 19.1 Å². The topological polar surface area (TPSA) is 58.6 Å². The van der Waals surface area contributed by atoms with Gasteiger partial charge in [-0.1, -0.05) is 26.2 Å². The van der Waals surface area contributed by atoms with Crippen LogP contribution in [0.4, 0.5) is 0 Å². The van der Waals surface area contributed by atoms with E-state index >= 15 is 0 Å². The molecule has 0 aromatic carbocycles. The highest BCUT2D eigenvalue weighted by Crippen LogP contribution is 2.19. The third kappa shape index (κ3) is 4.10. The molecule has 0 bridgehead atoms. The molecule has 0 saturated heterocycles. The predicted molar refractivity (Wildman–Crippen MR) is 62.5 cm³/mol. The molecule has 0 aromatic rings. The van der Waals surface area contributed by atoms with Crippen molar-refractivity contribution >= 4 is 5.97 Å².